The number of carboxylic acid groups (broad SMARTS) is 1. The Bertz CT molecular complexity index is 433. The molecule has 1 aliphatic rings. The molecule has 0 spiro atoms. The lowest BCUT2D eigenvalue weighted by Gasteiger charge is -2.33. The molecule has 1 fully saturated rings. The first kappa shape index (κ1) is 12.2. The Kier molecular flexibility index (Phi) is 3.08. The normalized spacial score (nSPS) is 20.1. The van der Waals surface area contributed by atoms with Crippen LogP contribution in [0, 0.1) is 0 Å². The molecule has 10 nitrogen and oxygen atoms in total. The second-order valence-corrected chi connectivity index (χ2v) is 3.62. The molecular formula is C8H13N3O7. The molecule has 0 saturated carbocycles. The fraction of sp³-hybridized carbons (Fsp3) is 0.750. The van der Waals surface area contributed by atoms with Crippen LogP contribution >= 0.6 is 0 Å². The topological polar surface area (TPSA) is 108 Å². The number of nitrogens with zero attached hydrogens (tertiary/aromatic N) is 3. The summed E-state index contributed by atoms with van der Waals surface area (Å²) >= 11 is 0. The van der Waals surface area contributed by atoms with E-state index in [1.807, 2.05) is 0 Å². The molecule has 0 aliphatic carbocycles. The summed E-state index contributed by atoms with van der Waals surface area (Å²) in [6.45, 7) is 2.00. The maximum atomic E-state index is 10.8. The van der Waals surface area contributed by atoms with Gasteiger partial charge >= 0.3 is 12.1 Å². The van der Waals surface area contributed by atoms with Gasteiger partial charge in [0.25, 0.3) is 6.29 Å². The van der Waals surface area contributed by atoms with E-state index < -0.39 is 24.5 Å². The van der Waals surface area contributed by atoms with Crippen LogP contribution in [0.5, 0.6) is 0 Å². The smallest absolute Gasteiger partial charge is 0.480 e. The Morgan fingerprint density at radius 1 is 1.50 bits per heavy atom. The van der Waals surface area contributed by atoms with E-state index in [2.05, 4.69) is 9.47 Å². The first-order valence-corrected chi connectivity index (χ1v) is 5.22. The van der Waals surface area contributed by atoms with Gasteiger partial charge in [-0.05, 0) is 6.42 Å². The average molecular weight is 263 g/mol. The Labute approximate surface area is 101 Å². The summed E-state index contributed by atoms with van der Waals surface area (Å²) in [5.74, 6) is -0.935. The van der Waals surface area contributed by atoms with Crippen LogP contribution < -0.4 is 9.85 Å². The van der Waals surface area contributed by atoms with Gasteiger partial charge < -0.3 is 19.4 Å². The Morgan fingerprint density at radius 3 is 2.72 bits per heavy atom. The van der Waals surface area contributed by atoms with E-state index in [0.29, 0.717) is 13.0 Å². The molecule has 1 N–H and O–H groups in total. The van der Waals surface area contributed by atoms with Gasteiger partial charge in [0, 0.05) is 13.5 Å². The summed E-state index contributed by atoms with van der Waals surface area (Å²) in [6.07, 6.45) is -1.27. The van der Waals surface area contributed by atoms with Crippen molar-refractivity contribution in [3.8, 4) is 0 Å². The summed E-state index contributed by atoms with van der Waals surface area (Å²) in [4.78, 5) is 27.7. The van der Waals surface area contributed by atoms with Gasteiger partial charge in [-0.1, -0.05) is 0 Å². The summed E-state index contributed by atoms with van der Waals surface area (Å²) in [5, 5.41) is 11.2. The van der Waals surface area contributed by atoms with Crippen molar-refractivity contribution in [3.05, 3.63) is 0 Å². The van der Waals surface area contributed by atoms with Crippen molar-refractivity contribution in [1.29, 1.82) is 0 Å². The second-order valence-electron chi connectivity index (χ2n) is 3.62. The number of ether oxygens (including phenoxy) is 2. The molecule has 2 atom stereocenters. The lowest BCUT2D eigenvalue weighted by Crippen LogP contribution is -2.57. The van der Waals surface area contributed by atoms with Crippen molar-refractivity contribution in [2.75, 3.05) is 18.7 Å². The number of carbonyl (C=O) groups is 2. The molecule has 0 aromatic carbocycles. The molecule has 1 unspecified atom stereocenters. The third kappa shape index (κ3) is 2.36. The van der Waals surface area contributed by atoms with Gasteiger partial charge in [0.1, 0.15) is 11.1 Å². The van der Waals surface area contributed by atoms with Crippen LogP contribution in [0.15, 0.2) is 4.63 Å². The van der Waals surface area contributed by atoms with Gasteiger partial charge in [-0.15, -0.1) is 0 Å². The van der Waals surface area contributed by atoms with Crippen molar-refractivity contribution in [1.82, 2.24) is 9.98 Å². The fourth-order valence-electron chi connectivity index (χ4n) is 1.41. The van der Waals surface area contributed by atoms with Crippen LogP contribution in [0.3, 0.4) is 0 Å². The van der Waals surface area contributed by atoms with Crippen molar-refractivity contribution < 1.29 is 33.6 Å². The number of carboxylic acids is 1. The Hall–Kier alpha value is -2.26. The molecule has 1 saturated heterocycles. The quantitative estimate of drug-likeness (QED) is 0.545. The number of rotatable bonds is 5. The first-order valence-electron chi connectivity index (χ1n) is 5.22. The molecule has 18 heavy (non-hydrogen) atoms. The Morgan fingerprint density at radius 2 is 2.22 bits per heavy atom. The van der Waals surface area contributed by atoms with E-state index in [1.165, 1.54) is 19.0 Å². The lowest BCUT2D eigenvalue weighted by atomic mass is 10.1. The van der Waals surface area contributed by atoms with E-state index >= 15 is 0 Å². The largest absolute Gasteiger partial charge is 0.511 e. The molecule has 2 rings (SSSR count). The van der Waals surface area contributed by atoms with Crippen molar-refractivity contribution in [3.63, 3.8) is 0 Å². The molecule has 1 aromatic rings. The van der Waals surface area contributed by atoms with E-state index in [4.69, 9.17) is 14.6 Å². The van der Waals surface area contributed by atoms with Crippen LogP contribution in [0.4, 0.5) is 4.79 Å². The molecule has 1 aromatic heterocycles. The minimum atomic E-state index is -0.935. The highest BCUT2D eigenvalue weighted by molar-refractivity contribution is 5.77. The molecule has 0 bridgehead atoms. The van der Waals surface area contributed by atoms with Crippen LogP contribution in [-0.4, -0.2) is 53.2 Å². The van der Waals surface area contributed by atoms with Crippen molar-refractivity contribution in [2.45, 2.75) is 25.7 Å². The summed E-state index contributed by atoms with van der Waals surface area (Å²) in [5.41, 5.74) is 0. The molecule has 0 radical (unpaired) electrons. The van der Waals surface area contributed by atoms with Crippen LogP contribution in [-0.2, 0) is 14.3 Å². The van der Waals surface area contributed by atoms with E-state index in [9.17, 15) is 9.59 Å². The number of aromatic nitrogens is 2. The number of aliphatic carboxylic acids is 1. The van der Waals surface area contributed by atoms with Gasteiger partial charge in [-0.3, -0.25) is 0 Å². The number of hydrogen-bond acceptors (Lipinski definition) is 7. The predicted octanol–water partition coefficient (Wildman–Crippen LogP) is -0.765. The standard InChI is InChI=1S/C8H13N3O7/c1-5(16-8(14)15-2)17-11-10(18-11)9-4-3-6(9)7(12)13/h5-6H,3-4H2,1-2H3,(H,12,13)/t5?,6-,10?,11?/m0/s1. The van der Waals surface area contributed by atoms with Crippen LogP contribution in [0.1, 0.15) is 13.3 Å². The van der Waals surface area contributed by atoms with Gasteiger partial charge in [0.05, 0.1) is 12.1 Å². The zero-order valence-corrected chi connectivity index (χ0v) is 9.81. The molecule has 102 valence electrons. The fourth-order valence-corrected chi connectivity index (χ4v) is 1.41. The summed E-state index contributed by atoms with van der Waals surface area (Å²) in [6, 6.07) is -0.629. The third-order valence-corrected chi connectivity index (χ3v) is 2.42. The van der Waals surface area contributed by atoms with E-state index in [0.717, 1.165) is 9.98 Å². The SMILES string of the molecule is COC(=O)OC(C)On1on1N1CC[C@H]1C(=O)O. The lowest BCUT2D eigenvalue weighted by molar-refractivity contribution is -0.141. The van der Waals surface area contributed by atoms with Gasteiger partial charge in [0.15, 0.2) is 0 Å². The molecule has 0 amide bonds. The minimum Gasteiger partial charge on any atom is -0.480 e. The average Bonchev–Trinajstić information content (AvgIpc) is 2.93. The highest BCUT2D eigenvalue weighted by Gasteiger charge is 2.40. The van der Waals surface area contributed by atoms with Gasteiger partial charge in [0.2, 0.25) is 0 Å². The summed E-state index contributed by atoms with van der Waals surface area (Å²) in [7, 11) is 1.17. The minimum absolute atomic E-state index is 0.539. The van der Waals surface area contributed by atoms with Crippen LogP contribution in [0.25, 0.3) is 0 Å². The summed E-state index contributed by atoms with van der Waals surface area (Å²) < 4.78 is 13.8. The maximum Gasteiger partial charge on any atom is 0.511 e. The number of methoxy groups -OCH3 is 1. The molecule has 1 aliphatic heterocycles. The maximum absolute atomic E-state index is 10.8. The first-order chi connectivity index (χ1) is 8.52. The van der Waals surface area contributed by atoms with Gasteiger partial charge in [-0.2, -0.15) is 4.63 Å². The molecular weight excluding hydrogens is 250 g/mol. The third-order valence-electron chi connectivity index (χ3n) is 2.42. The highest BCUT2D eigenvalue weighted by atomic mass is 17.0. The van der Waals surface area contributed by atoms with Crippen LogP contribution in [0.2, 0.25) is 0 Å². The van der Waals surface area contributed by atoms with Gasteiger partial charge in [-0.25, -0.2) is 14.6 Å². The number of hydrogen-bond donors (Lipinski definition) is 1. The van der Waals surface area contributed by atoms with E-state index in [-0.39, 0.29) is 0 Å². The van der Waals surface area contributed by atoms with Crippen molar-refractivity contribution >= 4 is 12.1 Å². The zero-order valence-electron chi connectivity index (χ0n) is 9.81. The zero-order chi connectivity index (χ0) is 13.3. The number of carbonyl (C=O) groups excluding carboxylic acids is 1. The van der Waals surface area contributed by atoms with E-state index in [1.54, 1.807) is 0 Å². The highest BCUT2D eigenvalue weighted by Crippen LogP contribution is 2.17. The van der Waals surface area contributed by atoms with Crippen molar-refractivity contribution in [2.24, 2.45) is 0 Å². The Balaban J connectivity index is 1.80. The molecule has 2 heterocycles. The molecule has 10 heteroatoms. The monoisotopic (exact) mass is 263 g/mol. The predicted molar refractivity (Wildman–Crippen MR) is 53.3 cm³/mol. The second kappa shape index (κ2) is 4.55.